The van der Waals surface area contributed by atoms with Crippen LogP contribution < -0.4 is 10.6 Å². The van der Waals surface area contributed by atoms with Gasteiger partial charge in [-0.3, -0.25) is 14.5 Å². The van der Waals surface area contributed by atoms with Gasteiger partial charge in [0.1, 0.15) is 0 Å². The molecule has 1 atom stereocenters. The van der Waals surface area contributed by atoms with Crippen molar-refractivity contribution in [2.24, 2.45) is 11.7 Å². The SMILES string of the molecule is CC(C)CN(CC(N)=O)C(=O)CC1CN(CC(c2ccccc2)c2ccccc2)C(=O)N1c1ccccc1Br. The minimum Gasteiger partial charge on any atom is -0.368 e. The van der Waals surface area contributed by atoms with Crippen LogP contribution in [0.5, 0.6) is 0 Å². The lowest BCUT2D eigenvalue weighted by Gasteiger charge is -2.28. The van der Waals surface area contributed by atoms with E-state index in [4.69, 9.17) is 5.73 Å². The van der Waals surface area contributed by atoms with Crippen molar-refractivity contribution in [1.82, 2.24) is 9.80 Å². The minimum absolute atomic E-state index is 0.0285. The fraction of sp³-hybridized carbons (Fsp3) is 0.323. The molecule has 0 aliphatic carbocycles. The van der Waals surface area contributed by atoms with E-state index in [0.29, 0.717) is 25.3 Å². The Morgan fingerprint density at radius 2 is 1.51 bits per heavy atom. The number of anilines is 1. The normalized spacial score (nSPS) is 15.3. The standard InChI is InChI=1S/C31H35BrN4O3/c1-22(2)18-34(21-29(33)37)30(38)17-25-19-35(31(39)36(25)28-16-10-9-15-27(28)32)20-26(23-11-5-3-6-12-23)24-13-7-4-8-14-24/h3-16,22,25-26H,17-21H2,1-2H3,(H2,33,37). The van der Waals surface area contributed by atoms with Gasteiger partial charge in [-0.25, -0.2) is 4.79 Å². The number of nitrogens with zero attached hydrogens (tertiary/aromatic N) is 3. The summed E-state index contributed by atoms with van der Waals surface area (Å²) in [5.41, 5.74) is 8.40. The molecule has 4 amide bonds. The van der Waals surface area contributed by atoms with Crippen LogP contribution in [0.25, 0.3) is 0 Å². The zero-order valence-electron chi connectivity index (χ0n) is 22.4. The number of para-hydroxylation sites is 1. The molecule has 0 spiro atoms. The highest BCUT2D eigenvalue weighted by Crippen LogP contribution is 2.35. The molecule has 0 saturated carbocycles. The third kappa shape index (κ3) is 7.06. The Morgan fingerprint density at radius 1 is 0.949 bits per heavy atom. The maximum atomic E-state index is 14.0. The van der Waals surface area contributed by atoms with Crippen LogP contribution in [0.4, 0.5) is 10.5 Å². The second-order valence-electron chi connectivity index (χ2n) is 10.4. The summed E-state index contributed by atoms with van der Waals surface area (Å²) < 4.78 is 0.775. The average molecular weight is 592 g/mol. The Morgan fingerprint density at radius 3 is 2.05 bits per heavy atom. The summed E-state index contributed by atoms with van der Waals surface area (Å²) in [6, 6.07) is 27.3. The molecule has 0 aromatic heterocycles. The van der Waals surface area contributed by atoms with Crippen LogP contribution in [0, 0.1) is 5.92 Å². The van der Waals surface area contributed by atoms with Gasteiger partial charge in [-0.05, 0) is 45.1 Å². The molecule has 8 heteroatoms. The summed E-state index contributed by atoms with van der Waals surface area (Å²) in [4.78, 5) is 44.2. The van der Waals surface area contributed by atoms with Crippen molar-refractivity contribution in [3.8, 4) is 0 Å². The van der Waals surface area contributed by atoms with Gasteiger partial charge in [0.25, 0.3) is 0 Å². The van der Waals surface area contributed by atoms with E-state index in [-0.39, 0.29) is 36.7 Å². The number of halogens is 1. The molecule has 204 valence electrons. The van der Waals surface area contributed by atoms with E-state index in [1.165, 1.54) is 4.90 Å². The van der Waals surface area contributed by atoms with E-state index in [2.05, 4.69) is 40.2 Å². The summed E-state index contributed by atoms with van der Waals surface area (Å²) in [6.45, 7) is 5.11. The summed E-state index contributed by atoms with van der Waals surface area (Å²) in [7, 11) is 0. The Kier molecular flexibility index (Phi) is 9.41. The lowest BCUT2D eigenvalue weighted by molar-refractivity contribution is -0.135. The number of benzene rings is 3. The van der Waals surface area contributed by atoms with Crippen molar-refractivity contribution >= 4 is 39.5 Å². The number of rotatable bonds is 11. The fourth-order valence-corrected chi connectivity index (χ4v) is 5.66. The molecule has 0 radical (unpaired) electrons. The van der Waals surface area contributed by atoms with Crippen molar-refractivity contribution in [1.29, 1.82) is 0 Å². The fourth-order valence-electron chi connectivity index (χ4n) is 5.19. The van der Waals surface area contributed by atoms with Gasteiger partial charge in [0.05, 0.1) is 18.3 Å². The Labute approximate surface area is 238 Å². The van der Waals surface area contributed by atoms with Crippen LogP contribution in [-0.4, -0.2) is 59.9 Å². The summed E-state index contributed by atoms with van der Waals surface area (Å²) in [6.07, 6.45) is 0.0882. The topological polar surface area (TPSA) is 87.0 Å². The Balaban J connectivity index is 1.65. The van der Waals surface area contributed by atoms with Gasteiger partial charge in [0.15, 0.2) is 0 Å². The van der Waals surface area contributed by atoms with Gasteiger partial charge in [-0.1, -0.05) is 86.6 Å². The third-order valence-corrected chi connectivity index (χ3v) is 7.56. The first kappa shape index (κ1) is 28.4. The molecule has 0 bridgehead atoms. The number of primary amides is 1. The van der Waals surface area contributed by atoms with Crippen molar-refractivity contribution in [2.75, 3.05) is 31.1 Å². The van der Waals surface area contributed by atoms with Crippen molar-refractivity contribution in [3.05, 3.63) is 101 Å². The van der Waals surface area contributed by atoms with Gasteiger partial charge in [-0.2, -0.15) is 0 Å². The number of nitrogens with two attached hydrogens (primary N) is 1. The molecule has 1 aliphatic rings. The molecule has 1 saturated heterocycles. The van der Waals surface area contributed by atoms with Gasteiger partial charge >= 0.3 is 6.03 Å². The van der Waals surface area contributed by atoms with Crippen molar-refractivity contribution < 1.29 is 14.4 Å². The summed E-state index contributed by atoms with van der Waals surface area (Å²) >= 11 is 3.60. The van der Waals surface area contributed by atoms with Crippen LogP contribution >= 0.6 is 15.9 Å². The first-order valence-electron chi connectivity index (χ1n) is 13.2. The molecule has 1 unspecified atom stereocenters. The predicted octanol–water partition coefficient (Wildman–Crippen LogP) is 5.25. The lowest BCUT2D eigenvalue weighted by atomic mass is 9.91. The van der Waals surface area contributed by atoms with Crippen molar-refractivity contribution in [2.45, 2.75) is 32.2 Å². The molecule has 7 nitrogen and oxygen atoms in total. The summed E-state index contributed by atoms with van der Waals surface area (Å²) in [5.74, 6) is -0.600. The van der Waals surface area contributed by atoms with E-state index in [1.54, 1.807) is 4.90 Å². The van der Waals surface area contributed by atoms with Crippen LogP contribution in [0.15, 0.2) is 89.4 Å². The van der Waals surface area contributed by atoms with Gasteiger partial charge in [-0.15, -0.1) is 0 Å². The molecular formula is C31H35BrN4O3. The van der Waals surface area contributed by atoms with Crippen LogP contribution in [0.2, 0.25) is 0 Å². The molecule has 4 rings (SSSR count). The second kappa shape index (κ2) is 12.9. The molecule has 1 heterocycles. The highest BCUT2D eigenvalue weighted by atomic mass is 79.9. The highest BCUT2D eigenvalue weighted by Gasteiger charge is 2.41. The third-order valence-electron chi connectivity index (χ3n) is 6.89. The molecule has 2 N–H and O–H groups in total. The monoisotopic (exact) mass is 590 g/mol. The number of amides is 4. The zero-order chi connectivity index (χ0) is 27.9. The minimum atomic E-state index is -0.552. The molecule has 39 heavy (non-hydrogen) atoms. The van der Waals surface area contributed by atoms with Gasteiger partial charge < -0.3 is 15.5 Å². The predicted molar refractivity (Wildman–Crippen MR) is 157 cm³/mol. The lowest BCUT2D eigenvalue weighted by Crippen LogP contribution is -2.44. The van der Waals surface area contributed by atoms with E-state index in [1.807, 2.05) is 79.4 Å². The molecule has 3 aromatic rings. The largest absolute Gasteiger partial charge is 0.368 e. The van der Waals surface area contributed by atoms with Crippen molar-refractivity contribution in [3.63, 3.8) is 0 Å². The number of carbonyl (C=O) groups is 3. The Hall–Kier alpha value is -3.65. The molecule has 1 fully saturated rings. The van der Waals surface area contributed by atoms with E-state index in [0.717, 1.165) is 15.6 Å². The number of carbonyl (C=O) groups excluding carboxylic acids is 3. The molecular weight excluding hydrogens is 556 g/mol. The van der Waals surface area contributed by atoms with Gasteiger partial charge in [0.2, 0.25) is 11.8 Å². The second-order valence-corrected chi connectivity index (χ2v) is 11.2. The maximum absolute atomic E-state index is 14.0. The Bertz CT molecular complexity index is 1250. The number of urea groups is 1. The smallest absolute Gasteiger partial charge is 0.324 e. The van der Waals surface area contributed by atoms with Crippen LogP contribution in [-0.2, 0) is 9.59 Å². The van der Waals surface area contributed by atoms with E-state index in [9.17, 15) is 14.4 Å². The van der Waals surface area contributed by atoms with E-state index >= 15 is 0 Å². The maximum Gasteiger partial charge on any atom is 0.324 e. The van der Waals surface area contributed by atoms with Crippen LogP contribution in [0.1, 0.15) is 37.3 Å². The highest BCUT2D eigenvalue weighted by molar-refractivity contribution is 9.10. The molecule has 3 aromatic carbocycles. The van der Waals surface area contributed by atoms with Crippen LogP contribution in [0.3, 0.4) is 0 Å². The first-order chi connectivity index (χ1) is 18.7. The first-order valence-corrected chi connectivity index (χ1v) is 14.0. The zero-order valence-corrected chi connectivity index (χ0v) is 24.0. The molecule has 1 aliphatic heterocycles. The quantitative estimate of drug-likeness (QED) is 0.331. The number of hydrogen-bond donors (Lipinski definition) is 1. The average Bonchev–Trinajstić information content (AvgIpc) is 3.21. The van der Waals surface area contributed by atoms with E-state index < -0.39 is 11.9 Å². The summed E-state index contributed by atoms with van der Waals surface area (Å²) in [5, 5.41) is 0. The number of hydrogen-bond acceptors (Lipinski definition) is 3. The van der Waals surface area contributed by atoms with Gasteiger partial charge in [0, 0.05) is 36.4 Å².